The van der Waals surface area contributed by atoms with Gasteiger partial charge in [-0.05, 0) is 79.9 Å². The quantitative estimate of drug-likeness (QED) is 0.214. The Bertz CT molecular complexity index is 1580. The summed E-state index contributed by atoms with van der Waals surface area (Å²) in [4.78, 5) is 12.6. The molecule has 0 radical (unpaired) electrons. The number of likely N-dealkylation sites (tertiary alicyclic amines) is 1. The standard InChI is InChI=1S/C30H28ClFN4OS/c31-25-17-23(8-10-26(25)37-18-21-5-4-6-22(32)15-21)35-29-28-24-9-7-20(11-14-36-12-2-1-3-13-36)16-27(24)38-30(28)34-19-33-29/h4-10,15-17,19H,1-3,11-14,18H2,(H,33,34,35). The normalized spacial score (nSPS) is 14.3. The predicted molar refractivity (Wildman–Crippen MR) is 154 cm³/mol. The van der Waals surface area contributed by atoms with Gasteiger partial charge in [0.1, 0.15) is 35.1 Å². The van der Waals surface area contributed by atoms with Gasteiger partial charge in [-0.2, -0.15) is 0 Å². The molecule has 0 aliphatic carbocycles. The van der Waals surface area contributed by atoms with Crippen molar-refractivity contribution in [2.75, 3.05) is 25.0 Å². The van der Waals surface area contributed by atoms with E-state index in [1.807, 2.05) is 24.3 Å². The van der Waals surface area contributed by atoms with E-state index in [4.69, 9.17) is 16.3 Å². The molecule has 0 saturated carbocycles. The molecular formula is C30H28ClFN4OS. The molecule has 2 aromatic heterocycles. The summed E-state index contributed by atoms with van der Waals surface area (Å²) in [6, 6.07) is 18.6. The number of ether oxygens (including phenoxy) is 1. The molecule has 0 amide bonds. The molecule has 3 heterocycles. The minimum absolute atomic E-state index is 0.234. The Balaban J connectivity index is 1.19. The zero-order valence-electron chi connectivity index (χ0n) is 20.9. The van der Waals surface area contributed by atoms with E-state index in [0.717, 1.165) is 45.6 Å². The van der Waals surface area contributed by atoms with Crippen LogP contribution in [0.1, 0.15) is 30.4 Å². The van der Waals surface area contributed by atoms with Crippen LogP contribution in [-0.4, -0.2) is 34.5 Å². The number of piperidine rings is 1. The summed E-state index contributed by atoms with van der Waals surface area (Å²) in [6.45, 7) is 3.79. The Labute approximate surface area is 230 Å². The number of nitrogens with zero attached hydrogens (tertiary/aromatic N) is 3. The Kier molecular flexibility index (Phi) is 7.40. The van der Waals surface area contributed by atoms with Gasteiger partial charge in [-0.15, -0.1) is 11.3 Å². The van der Waals surface area contributed by atoms with Crippen molar-refractivity contribution in [1.82, 2.24) is 14.9 Å². The maximum atomic E-state index is 13.4. The van der Waals surface area contributed by atoms with Gasteiger partial charge >= 0.3 is 0 Å². The molecule has 8 heteroatoms. The van der Waals surface area contributed by atoms with Gasteiger partial charge in [-0.25, -0.2) is 14.4 Å². The number of benzene rings is 3. The van der Waals surface area contributed by atoms with E-state index in [-0.39, 0.29) is 12.4 Å². The zero-order valence-corrected chi connectivity index (χ0v) is 22.5. The van der Waals surface area contributed by atoms with Gasteiger partial charge in [0.2, 0.25) is 0 Å². The van der Waals surface area contributed by atoms with E-state index in [9.17, 15) is 4.39 Å². The lowest BCUT2D eigenvalue weighted by atomic mass is 10.1. The maximum Gasteiger partial charge on any atom is 0.143 e. The molecule has 1 aliphatic heterocycles. The van der Waals surface area contributed by atoms with Gasteiger partial charge in [0.15, 0.2) is 0 Å². The lowest BCUT2D eigenvalue weighted by Crippen LogP contribution is -2.31. The van der Waals surface area contributed by atoms with E-state index >= 15 is 0 Å². The molecule has 0 atom stereocenters. The van der Waals surface area contributed by atoms with E-state index in [0.29, 0.717) is 10.8 Å². The molecule has 1 N–H and O–H groups in total. The number of anilines is 2. The first-order valence-electron chi connectivity index (χ1n) is 12.9. The van der Waals surface area contributed by atoms with Gasteiger partial charge in [-0.3, -0.25) is 0 Å². The second-order valence-electron chi connectivity index (χ2n) is 9.68. The summed E-state index contributed by atoms with van der Waals surface area (Å²) in [5, 5.41) is 6.04. The lowest BCUT2D eigenvalue weighted by molar-refractivity contribution is 0.231. The van der Waals surface area contributed by atoms with Gasteiger partial charge < -0.3 is 15.0 Å². The van der Waals surface area contributed by atoms with Crippen molar-refractivity contribution in [3.63, 3.8) is 0 Å². The summed E-state index contributed by atoms with van der Waals surface area (Å²) in [7, 11) is 0. The fraction of sp³-hybridized carbons (Fsp3) is 0.267. The van der Waals surface area contributed by atoms with Gasteiger partial charge in [-0.1, -0.05) is 42.3 Å². The molecule has 3 aromatic carbocycles. The highest BCUT2D eigenvalue weighted by Gasteiger charge is 2.15. The highest BCUT2D eigenvalue weighted by molar-refractivity contribution is 7.25. The molecule has 1 aliphatic rings. The number of nitrogens with one attached hydrogen (secondary N) is 1. The molecule has 6 rings (SSSR count). The molecule has 5 nitrogen and oxygen atoms in total. The monoisotopic (exact) mass is 546 g/mol. The minimum atomic E-state index is -0.289. The first kappa shape index (κ1) is 25.0. The first-order valence-corrected chi connectivity index (χ1v) is 14.1. The second-order valence-corrected chi connectivity index (χ2v) is 11.1. The van der Waals surface area contributed by atoms with E-state index in [1.165, 1.54) is 54.7 Å². The van der Waals surface area contributed by atoms with Crippen molar-refractivity contribution in [2.24, 2.45) is 0 Å². The SMILES string of the molecule is Fc1cccc(COc2ccc(Nc3ncnc4sc5cc(CCN6CCCCC6)ccc5c34)cc2Cl)c1. The van der Waals surface area contributed by atoms with Crippen LogP contribution in [0, 0.1) is 5.82 Å². The maximum absolute atomic E-state index is 13.4. The number of rotatable bonds is 8. The summed E-state index contributed by atoms with van der Waals surface area (Å²) in [6.07, 6.45) is 6.66. The number of hydrogen-bond acceptors (Lipinski definition) is 6. The summed E-state index contributed by atoms with van der Waals surface area (Å²) in [5.41, 5.74) is 2.90. The first-order chi connectivity index (χ1) is 18.6. The van der Waals surface area contributed by atoms with Gasteiger partial charge in [0.05, 0.1) is 10.4 Å². The Morgan fingerprint density at radius 2 is 1.87 bits per heavy atom. The van der Waals surface area contributed by atoms with Crippen LogP contribution in [0.25, 0.3) is 20.3 Å². The van der Waals surface area contributed by atoms with Crippen molar-refractivity contribution in [3.05, 3.63) is 89.0 Å². The summed E-state index contributed by atoms with van der Waals surface area (Å²) < 4.78 is 20.5. The van der Waals surface area contributed by atoms with Crippen LogP contribution in [0.5, 0.6) is 5.75 Å². The Morgan fingerprint density at radius 1 is 0.974 bits per heavy atom. The number of halogens is 2. The molecule has 5 aromatic rings. The number of thiophene rings is 1. The predicted octanol–water partition coefficient (Wildman–Crippen LogP) is 7.99. The zero-order chi connectivity index (χ0) is 25.9. The minimum Gasteiger partial charge on any atom is -0.487 e. The molecule has 1 fully saturated rings. The Morgan fingerprint density at radius 3 is 2.71 bits per heavy atom. The highest BCUT2D eigenvalue weighted by Crippen LogP contribution is 2.38. The van der Waals surface area contributed by atoms with Crippen LogP contribution in [0.15, 0.2) is 67.0 Å². The van der Waals surface area contributed by atoms with Crippen LogP contribution < -0.4 is 10.1 Å². The average Bonchev–Trinajstić information content (AvgIpc) is 3.31. The number of hydrogen-bond donors (Lipinski definition) is 1. The topological polar surface area (TPSA) is 50.3 Å². The van der Waals surface area contributed by atoms with Crippen LogP contribution in [-0.2, 0) is 13.0 Å². The fourth-order valence-corrected chi connectivity index (χ4v) is 6.33. The summed E-state index contributed by atoms with van der Waals surface area (Å²) in [5.74, 6) is 0.988. The molecule has 0 bridgehead atoms. The lowest BCUT2D eigenvalue weighted by Gasteiger charge is -2.26. The van der Waals surface area contributed by atoms with Crippen LogP contribution in [0.4, 0.5) is 15.9 Å². The third kappa shape index (κ3) is 5.60. The molecule has 194 valence electrons. The molecule has 38 heavy (non-hydrogen) atoms. The van der Waals surface area contributed by atoms with E-state index in [2.05, 4.69) is 38.4 Å². The van der Waals surface area contributed by atoms with Crippen molar-refractivity contribution in [1.29, 1.82) is 0 Å². The third-order valence-corrected chi connectivity index (χ3v) is 8.33. The van der Waals surface area contributed by atoms with Crippen molar-refractivity contribution in [3.8, 4) is 5.75 Å². The van der Waals surface area contributed by atoms with Crippen molar-refractivity contribution in [2.45, 2.75) is 32.3 Å². The molecule has 0 spiro atoms. The Hall–Kier alpha value is -3.26. The fourth-order valence-electron chi connectivity index (χ4n) is 4.99. The van der Waals surface area contributed by atoms with Crippen LogP contribution in [0.3, 0.4) is 0 Å². The molecule has 1 saturated heterocycles. The van der Waals surface area contributed by atoms with Crippen LogP contribution in [0.2, 0.25) is 5.02 Å². The van der Waals surface area contributed by atoms with Gasteiger partial charge in [0.25, 0.3) is 0 Å². The van der Waals surface area contributed by atoms with E-state index < -0.39 is 0 Å². The molecular weight excluding hydrogens is 519 g/mol. The van der Waals surface area contributed by atoms with Gasteiger partial charge in [0, 0.05) is 22.3 Å². The third-order valence-electron chi connectivity index (χ3n) is 6.98. The number of fused-ring (bicyclic) bond motifs is 3. The van der Waals surface area contributed by atoms with Crippen molar-refractivity contribution >= 4 is 54.7 Å². The van der Waals surface area contributed by atoms with Crippen LogP contribution >= 0.6 is 22.9 Å². The molecule has 0 unspecified atom stereocenters. The van der Waals surface area contributed by atoms with E-state index in [1.54, 1.807) is 23.7 Å². The second kappa shape index (κ2) is 11.2. The largest absolute Gasteiger partial charge is 0.487 e. The average molecular weight is 547 g/mol. The highest BCUT2D eigenvalue weighted by atomic mass is 35.5. The number of aromatic nitrogens is 2. The van der Waals surface area contributed by atoms with Crippen molar-refractivity contribution < 1.29 is 9.13 Å². The summed E-state index contributed by atoms with van der Waals surface area (Å²) >= 11 is 8.21. The smallest absolute Gasteiger partial charge is 0.143 e.